The number of amides is 2. The molecule has 1 aromatic rings. The van der Waals surface area contributed by atoms with Crippen LogP contribution in [0.5, 0.6) is 0 Å². The molecule has 0 aliphatic carbocycles. The van der Waals surface area contributed by atoms with Gasteiger partial charge >= 0.3 is 0 Å². The summed E-state index contributed by atoms with van der Waals surface area (Å²) in [5.41, 5.74) is 4.76. The molecule has 110 valence electrons. The number of nitrogens with zero attached hydrogens (tertiary/aromatic N) is 1. The van der Waals surface area contributed by atoms with Crippen LogP contribution in [-0.2, 0) is 4.79 Å². The van der Waals surface area contributed by atoms with Crippen molar-refractivity contribution in [3.63, 3.8) is 0 Å². The highest BCUT2D eigenvalue weighted by Crippen LogP contribution is 2.11. The maximum Gasteiger partial charge on any atom is 0.254 e. The summed E-state index contributed by atoms with van der Waals surface area (Å²) in [7, 11) is 0. The number of halogens is 1. The number of pyridine rings is 1. The fourth-order valence-corrected chi connectivity index (χ4v) is 1.50. The average Bonchev–Trinajstić information content (AvgIpc) is 2.30. The monoisotopic (exact) mass is 282 g/mol. The summed E-state index contributed by atoms with van der Waals surface area (Å²) in [5.74, 6) is -2.00. The van der Waals surface area contributed by atoms with Gasteiger partial charge in [-0.15, -0.1) is 0 Å². The van der Waals surface area contributed by atoms with Crippen LogP contribution in [0.3, 0.4) is 0 Å². The van der Waals surface area contributed by atoms with Gasteiger partial charge in [0.1, 0.15) is 0 Å². The van der Waals surface area contributed by atoms with Gasteiger partial charge in [-0.25, -0.2) is 9.37 Å². The van der Waals surface area contributed by atoms with Gasteiger partial charge in [0.05, 0.1) is 5.56 Å². The zero-order valence-corrected chi connectivity index (χ0v) is 11.8. The van der Waals surface area contributed by atoms with Crippen LogP contribution in [0.4, 0.5) is 10.2 Å². The Kier molecular flexibility index (Phi) is 5.01. The molecule has 1 rings (SSSR count). The van der Waals surface area contributed by atoms with Crippen molar-refractivity contribution < 1.29 is 14.0 Å². The predicted octanol–water partition coefficient (Wildman–Crippen LogP) is 0.837. The molecule has 0 saturated heterocycles. The van der Waals surface area contributed by atoms with Gasteiger partial charge in [-0.2, -0.15) is 0 Å². The SMILES string of the molecule is CC(C)(C)NC(=O)CCNC(=O)c1ccnc(N)c1F. The Labute approximate surface area is 116 Å². The molecule has 0 spiro atoms. The van der Waals surface area contributed by atoms with Gasteiger partial charge < -0.3 is 16.4 Å². The highest BCUT2D eigenvalue weighted by Gasteiger charge is 2.16. The van der Waals surface area contributed by atoms with Gasteiger partial charge in [0, 0.05) is 24.7 Å². The summed E-state index contributed by atoms with van der Waals surface area (Å²) in [4.78, 5) is 26.8. The molecule has 0 aromatic carbocycles. The lowest BCUT2D eigenvalue weighted by Crippen LogP contribution is -2.42. The molecule has 2 amide bonds. The van der Waals surface area contributed by atoms with Crippen molar-refractivity contribution in [1.82, 2.24) is 15.6 Å². The molecular weight excluding hydrogens is 263 g/mol. The number of hydrogen-bond acceptors (Lipinski definition) is 4. The third-order valence-electron chi connectivity index (χ3n) is 2.31. The smallest absolute Gasteiger partial charge is 0.254 e. The lowest BCUT2D eigenvalue weighted by atomic mass is 10.1. The van der Waals surface area contributed by atoms with Crippen LogP contribution < -0.4 is 16.4 Å². The van der Waals surface area contributed by atoms with E-state index < -0.39 is 11.7 Å². The van der Waals surface area contributed by atoms with Crippen molar-refractivity contribution in [3.8, 4) is 0 Å². The number of anilines is 1. The first-order valence-electron chi connectivity index (χ1n) is 6.20. The molecular formula is C13H19FN4O2. The molecule has 0 atom stereocenters. The molecule has 0 bridgehead atoms. The molecule has 0 unspecified atom stereocenters. The fraction of sp³-hybridized carbons (Fsp3) is 0.462. The quantitative estimate of drug-likeness (QED) is 0.762. The third-order valence-corrected chi connectivity index (χ3v) is 2.31. The van der Waals surface area contributed by atoms with E-state index in [0.29, 0.717) is 0 Å². The number of hydrogen-bond donors (Lipinski definition) is 3. The molecule has 4 N–H and O–H groups in total. The molecule has 0 aliphatic rings. The van der Waals surface area contributed by atoms with Crippen LogP contribution in [0.2, 0.25) is 0 Å². The maximum atomic E-state index is 13.5. The van der Waals surface area contributed by atoms with Gasteiger partial charge in [0.15, 0.2) is 11.6 Å². The van der Waals surface area contributed by atoms with E-state index in [9.17, 15) is 14.0 Å². The summed E-state index contributed by atoms with van der Waals surface area (Å²) in [5, 5.41) is 5.22. The van der Waals surface area contributed by atoms with E-state index in [0.717, 1.165) is 0 Å². The van der Waals surface area contributed by atoms with Crippen molar-refractivity contribution in [2.45, 2.75) is 32.7 Å². The molecule has 7 heteroatoms. The molecule has 1 heterocycles. The van der Waals surface area contributed by atoms with Crippen LogP contribution in [0.25, 0.3) is 0 Å². The minimum Gasteiger partial charge on any atom is -0.381 e. The Morgan fingerprint density at radius 3 is 2.65 bits per heavy atom. The summed E-state index contributed by atoms with van der Waals surface area (Å²) in [6, 6.07) is 1.23. The zero-order valence-electron chi connectivity index (χ0n) is 11.8. The second-order valence-electron chi connectivity index (χ2n) is 5.36. The first-order chi connectivity index (χ1) is 9.20. The molecule has 20 heavy (non-hydrogen) atoms. The second-order valence-corrected chi connectivity index (χ2v) is 5.36. The predicted molar refractivity (Wildman–Crippen MR) is 73.5 cm³/mol. The van der Waals surface area contributed by atoms with Crippen molar-refractivity contribution >= 4 is 17.6 Å². The van der Waals surface area contributed by atoms with E-state index in [4.69, 9.17) is 5.73 Å². The third kappa shape index (κ3) is 4.83. The van der Waals surface area contributed by atoms with Gasteiger partial charge in [-0.3, -0.25) is 9.59 Å². The largest absolute Gasteiger partial charge is 0.381 e. The number of nitrogens with one attached hydrogen (secondary N) is 2. The van der Waals surface area contributed by atoms with Gasteiger partial charge in [-0.05, 0) is 26.8 Å². The van der Waals surface area contributed by atoms with Gasteiger partial charge in [0.2, 0.25) is 5.91 Å². The average molecular weight is 282 g/mol. The van der Waals surface area contributed by atoms with Crippen LogP contribution in [0, 0.1) is 5.82 Å². The van der Waals surface area contributed by atoms with Crippen molar-refractivity contribution in [1.29, 1.82) is 0 Å². The molecule has 0 fully saturated rings. The van der Waals surface area contributed by atoms with Crippen LogP contribution in [0.15, 0.2) is 12.3 Å². The molecule has 1 aromatic heterocycles. The van der Waals surface area contributed by atoms with E-state index in [1.165, 1.54) is 12.3 Å². The lowest BCUT2D eigenvalue weighted by Gasteiger charge is -2.20. The first kappa shape index (κ1) is 15.9. The Hall–Kier alpha value is -2.18. The van der Waals surface area contributed by atoms with Crippen LogP contribution in [-0.4, -0.2) is 28.9 Å². The Bertz CT molecular complexity index is 512. The van der Waals surface area contributed by atoms with E-state index in [-0.39, 0.29) is 35.8 Å². The molecule has 0 saturated carbocycles. The normalized spacial score (nSPS) is 11.0. The van der Waals surface area contributed by atoms with Crippen molar-refractivity contribution in [3.05, 3.63) is 23.6 Å². The lowest BCUT2D eigenvalue weighted by molar-refractivity contribution is -0.122. The minimum atomic E-state index is -0.857. The molecule has 0 aliphatic heterocycles. The molecule has 0 radical (unpaired) electrons. The van der Waals surface area contributed by atoms with E-state index in [2.05, 4.69) is 15.6 Å². The summed E-state index contributed by atoms with van der Waals surface area (Å²) < 4.78 is 13.5. The first-order valence-corrected chi connectivity index (χ1v) is 6.20. The van der Waals surface area contributed by atoms with Crippen molar-refractivity contribution in [2.75, 3.05) is 12.3 Å². The minimum absolute atomic E-state index is 0.114. The molecule has 6 nitrogen and oxygen atoms in total. The standard InChI is InChI=1S/C13H19FN4O2/c1-13(2,3)18-9(19)5-7-17-12(20)8-4-6-16-11(15)10(8)14/h4,6H,5,7H2,1-3H3,(H2,15,16)(H,17,20)(H,18,19). The van der Waals surface area contributed by atoms with Crippen molar-refractivity contribution in [2.24, 2.45) is 0 Å². The van der Waals surface area contributed by atoms with E-state index in [1.54, 1.807) is 0 Å². The summed E-state index contributed by atoms with van der Waals surface area (Å²) >= 11 is 0. The summed E-state index contributed by atoms with van der Waals surface area (Å²) in [6.07, 6.45) is 1.37. The zero-order chi connectivity index (χ0) is 15.3. The van der Waals surface area contributed by atoms with Crippen LogP contribution >= 0.6 is 0 Å². The number of nitrogen functional groups attached to an aromatic ring is 1. The highest BCUT2D eigenvalue weighted by molar-refractivity contribution is 5.95. The fourth-order valence-electron chi connectivity index (χ4n) is 1.50. The topological polar surface area (TPSA) is 97.1 Å². The second kappa shape index (κ2) is 6.31. The van der Waals surface area contributed by atoms with Gasteiger partial charge in [-0.1, -0.05) is 0 Å². The number of carbonyl (C=O) groups excluding carboxylic acids is 2. The van der Waals surface area contributed by atoms with E-state index >= 15 is 0 Å². The Morgan fingerprint density at radius 2 is 2.05 bits per heavy atom. The number of aromatic nitrogens is 1. The maximum absolute atomic E-state index is 13.5. The summed E-state index contributed by atoms with van der Waals surface area (Å²) in [6.45, 7) is 5.69. The number of rotatable bonds is 4. The van der Waals surface area contributed by atoms with Crippen LogP contribution in [0.1, 0.15) is 37.6 Å². The number of carbonyl (C=O) groups is 2. The van der Waals surface area contributed by atoms with Gasteiger partial charge in [0.25, 0.3) is 5.91 Å². The Balaban J connectivity index is 2.48. The highest BCUT2D eigenvalue weighted by atomic mass is 19.1. The Morgan fingerprint density at radius 1 is 1.40 bits per heavy atom. The van der Waals surface area contributed by atoms with E-state index in [1.807, 2.05) is 20.8 Å². The number of nitrogens with two attached hydrogens (primary N) is 1.